The minimum absolute atomic E-state index is 0.0885. The summed E-state index contributed by atoms with van der Waals surface area (Å²) in [7, 11) is 0. The largest absolute Gasteiger partial charge is 0.478 e. The summed E-state index contributed by atoms with van der Waals surface area (Å²) >= 11 is 0. The average Bonchev–Trinajstić information content (AvgIpc) is 3.40. The summed E-state index contributed by atoms with van der Waals surface area (Å²) in [6, 6.07) is 31.6. The predicted octanol–water partition coefficient (Wildman–Crippen LogP) is 6.83. The molecule has 0 radical (unpaired) electrons. The number of ether oxygens (including phenoxy) is 1. The van der Waals surface area contributed by atoms with E-state index in [9.17, 15) is 24.6 Å². The number of amides is 1. The van der Waals surface area contributed by atoms with Crippen molar-refractivity contribution in [1.82, 2.24) is 0 Å². The normalized spacial score (nSPS) is 11.1. The highest BCUT2D eigenvalue weighted by molar-refractivity contribution is 5.89. The fourth-order valence-electron chi connectivity index (χ4n) is 5.42. The Labute approximate surface area is 270 Å². The Balaban J connectivity index is 1.29. The Morgan fingerprint density at radius 3 is 1.64 bits per heavy atom. The molecule has 1 aliphatic carbocycles. The molecule has 0 unspecified atom stereocenters. The van der Waals surface area contributed by atoms with Crippen molar-refractivity contribution >= 4 is 29.4 Å². The van der Waals surface area contributed by atoms with Gasteiger partial charge in [-0.05, 0) is 70.8 Å². The van der Waals surface area contributed by atoms with Crippen molar-refractivity contribution in [3.05, 3.63) is 154 Å². The molecule has 0 saturated carbocycles. The molecule has 47 heavy (non-hydrogen) atoms. The van der Waals surface area contributed by atoms with Crippen LogP contribution in [0.4, 0.5) is 16.2 Å². The van der Waals surface area contributed by atoms with Crippen LogP contribution >= 0.6 is 0 Å². The van der Waals surface area contributed by atoms with E-state index in [1.807, 2.05) is 36.4 Å². The summed E-state index contributed by atoms with van der Waals surface area (Å²) in [5.74, 6) is 9.51. The van der Waals surface area contributed by atoms with Crippen LogP contribution in [0.15, 0.2) is 109 Å². The van der Waals surface area contributed by atoms with Crippen molar-refractivity contribution in [3.8, 4) is 34.8 Å². The smallest absolute Gasteiger partial charge is 0.411 e. The van der Waals surface area contributed by atoms with E-state index >= 15 is 0 Å². The SMILES string of the molecule is Nc1c(C#Cc2cccc(C(=O)O)c2)cc(NC(=O)OCC2c3ccccc3-c3ccccc32)cc1C#Cc1cccc(C(=O)O)c1. The molecule has 0 heterocycles. The highest BCUT2D eigenvalue weighted by Crippen LogP contribution is 2.44. The lowest BCUT2D eigenvalue weighted by Gasteiger charge is -2.15. The van der Waals surface area contributed by atoms with E-state index in [-0.39, 0.29) is 29.3 Å². The number of nitrogens with two attached hydrogens (primary N) is 1. The van der Waals surface area contributed by atoms with Crippen molar-refractivity contribution in [2.45, 2.75) is 5.92 Å². The van der Waals surface area contributed by atoms with E-state index < -0.39 is 18.0 Å². The van der Waals surface area contributed by atoms with Crippen LogP contribution in [-0.4, -0.2) is 34.9 Å². The van der Waals surface area contributed by atoms with Crippen LogP contribution in [0.5, 0.6) is 0 Å². The quantitative estimate of drug-likeness (QED) is 0.125. The summed E-state index contributed by atoms with van der Waals surface area (Å²) in [5.41, 5.74) is 13.2. The van der Waals surface area contributed by atoms with Gasteiger partial charge in [-0.2, -0.15) is 0 Å². The van der Waals surface area contributed by atoms with Crippen LogP contribution in [0.2, 0.25) is 0 Å². The zero-order valence-electron chi connectivity index (χ0n) is 24.8. The molecule has 5 N–H and O–H groups in total. The summed E-state index contributed by atoms with van der Waals surface area (Å²) in [6.07, 6.45) is -0.683. The number of carbonyl (C=O) groups is 3. The third-order valence-corrected chi connectivity index (χ3v) is 7.67. The van der Waals surface area contributed by atoms with Crippen molar-refractivity contribution < 1.29 is 29.3 Å². The van der Waals surface area contributed by atoms with Gasteiger partial charge in [0.05, 0.1) is 27.9 Å². The molecule has 1 amide bonds. The minimum atomic E-state index is -1.08. The first kappa shape index (κ1) is 30.3. The summed E-state index contributed by atoms with van der Waals surface area (Å²) in [6.45, 7) is 0.119. The van der Waals surface area contributed by atoms with Crippen LogP contribution in [0.1, 0.15) is 60.0 Å². The fraction of sp³-hybridized carbons (Fsp3) is 0.0513. The molecule has 8 heteroatoms. The zero-order valence-corrected chi connectivity index (χ0v) is 24.8. The predicted molar refractivity (Wildman–Crippen MR) is 178 cm³/mol. The fourth-order valence-corrected chi connectivity index (χ4v) is 5.42. The van der Waals surface area contributed by atoms with E-state index in [4.69, 9.17) is 10.5 Å². The molecule has 5 aromatic carbocycles. The molecular formula is C39H26N2O6. The number of benzene rings is 5. The number of nitrogen functional groups attached to an aromatic ring is 1. The van der Waals surface area contributed by atoms with Crippen molar-refractivity contribution in [2.75, 3.05) is 17.7 Å². The second kappa shape index (κ2) is 13.1. The summed E-state index contributed by atoms with van der Waals surface area (Å²) < 4.78 is 5.72. The first-order chi connectivity index (χ1) is 22.8. The highest BCUT2D eigenvalue weighted by Gasteiger charge is 2.29. The molecule has 8 nitrogen and oxygen atoms in total. The maximum atomic E-state index is 13.1. The van der Waals surface area contributed by atoms with Gasteiger partial charge in [-0.3, -0.25) is 5.32 Å². The lowest BCUT2D eigenvalue weighted by molar-refractivity contribution is 0.0686. The molecule has 0 bridgehead atoms. The molecule has 6 rings (SSSR count). The van der Waals surface area contributed by atoms with Gasteiger partial charge in [0.25, 0.3) is 0 Å². The molecule has 0 spiro atoms. The average molecular weight is 619 g/mol. The molecule has 0 aliphatic heterocycles. The molecule has 228 valence electrons. The van der Waals surface area contributed by atoms with Gasteiger partial charge in [0.2, 0.25) is 0 Å². The lowest BCUT2D eigenvalue weighted by atomic mass is 9.98. The zero-order chi connectivity index (χ0) is 32.9. The van der Waals surface area contributed by atoms with Crippen molar-refractivity contribution in [3.63, 3.8) is 0 Å². The molecule has 0 fully saturated rings. The Hall–Kier alpha value is -6.77. The van der Waals surface area contributed by atoms with Crippen molar-refractivity contribution in [2.24, 2.45) is 0 Å². The van der Waals surface area contributed by atoms with Gasteiger partial charge >= 0.3 is 18.0 Å². The van der Waals surface area contributed by atoms with Gasteiger partial charge in [-0.15, -0.1) is 0 Å². The maximum absolute atomic E-state index is 13.1. The molecule has 0 atom stereocenters. The van der Waals surface area contributed by atoms with E-state index in [0.717, 1.165) is 22.3 Å². The third-order valence-electron chi connectivity index (χ3n) is 7.67. The van der Waals surface area contributed by atoms with Gasteiger partial charge in [0.1, 0.15) is 6.61 Å². The molecule has 0 aromatic heterocycles. The van der Waals surface area contributed by atoms with Crippen LogP contribution in [0, 0.1) is 23.7 Å². The molecule has 1 aliphatic rings. The van der Waals surface area contributed by atoms with Gasteiger partial charge in [-0.1, -0.05) is 84.3 Å². The second-order valence-corrected chi connectivity index (χ2v) is 10.7. The molecule has 0 saturated heterocycles. The number of anilines is 2. The standard InChI is InChI=1S/C39H26N2O6/c40-36-26(17-15-24-7-5-9-28(19-24)37(42)43)21-30(22-27(36)18-16-25-8-6-10-29(20-25)38(44)45)41-39(46)47-23-35-33-13-3-1-11-31(33)32-12-2-4-14-34(32)35/h1-14,19-22,35H,23,40H2,(H,41,46)(H,42,43)(H,44,45). The third kappa shape index (κ3) is 6.68. The number of carbonyl (C=O) groups excluding carboxylic acids is 1. The Bertz CT molecular complexity index is 2060. The summed E-state index contributed by atoms with van der Waals surface area (Å²) in [5, 5.41) is 21.4. The number of aromatic carboxylic acids is 2. The van der Waals surface area contributed by atoms with E-state index in [0.29, 0.717) is 27.9 Å². The monoisotopic (exact) mass is 618 g/mol. The minimum Gasteiger partial charge on any atom is -0.478 e. The Kier molecular flexibility index (Phi) is 8.42. The van der Waals surface area contributed by atoms with Gasteiger partial charge in [0.15, 0.2) is 0 Å². The molecule has 5 aromatic rings. The lowest BCUT2D eigenvalue weighted by Crippen LogP contribution is -2.18. The van der Waals surface area contributed by atoms with Crippen LogP contribution in [-0.2, 0) is 4.74 Å². The number of nitrogens with one attached hydrogen (secondary N) is 1. The maximum Gasteiger partial charge on any atom is 0.411 e. The van der Waals surface area contributed by atoms with E-state index in [2.05, 4.69) is 41.1 Å². The molecular weight excluding hydrogens is 592 g/mol. The number of carboxylic acid groups (broad SMARTS) is 2. The van der Waals surface area contributed by atoms with Crippen LogP contribution < -0.4 is 11.1 Å². The number of hydrogen-bond acceptors (Lipinski definition) is 5. The number of rotatable bonds is 5. The van der Waals surface area contributed by atoms with Gasteiger partial charge in [-0.25, -0.2) is 14.4 Å². The highest BCUT2D eigenvalue weighted by atomic mass is 16.5. The van der Waals surface area contributed by atoms with E-state index in [1.165, 1.54) is 24.3 Å². The summed E-state index contributed by atoms with van der Waals surface area (Å²) in [4.78, 5) is 35.9. The first-order valence-electron chi connectivity index (χ1n) is 14.5. The van der Waals surface area contributed by atoms with Gasteiger partial charge < -0.3 is 20.7 Å². The Morgan fingerprint density at radius 2 is 1.15 bits per heavy atom. The number of fused-ring (bicyclic) bond motifs is 3. The van der Waals surface area contributed by atoms with Crippen LogP contribution in [0.25, 0.3) is 11.1 Å². The van der Waals surface area contributed by atoms with E-state index in [1.54, 1.807) is 36.4 Å². The van der Waals surface area contributed by atoms with Crippen molar-refractivity contribution in [1.29, 1.82) is 0 Å². The first-order valence-corrected chi connectivity index (χ1v) is 14.5. The van der Waals surface area contributed by atoms with Gasteiger partial charge in [0, 0.05) is 22.7 Å². The topological polar surface area (TPSA) is 139 Å². The second-order valence-electron chi connectivity index (χ2n) is 10.7. The number of carboxylic acids is 2. The van der Waals surface area contributed by atoms with Crippen LogP contribution in [0.3, 0.4) is 0 Å². The number of hydrogen-bond donors (Lipinski definition) is 4. The Morgan fingerprint density at radius 1 is 0.660 bits per heavy atom.